The van der Waals surface area contributed by atoms with Crippen molar-refractivity contribution in [2.24, 2.45) is 0 Å². The fourth-order valence-electron chi connectivity index (χ4n) is 1.52. The Bertz CT molecular complexity index is 469. The molecule has 90 valence electrons. The molecule has 0 bridgehead atoms. The number of nitrogens with zero attached hydrogens (tertiary/aromatic N) is 1. The van der Waals surface area contributed by atoms with Crippen LogP contribution in [0.15, 0.2) is 30.7 Å². The van der Waals surface area contributed by atoms with Crippen LogP contribution in [0.5, 0.6) is 11.5 Å². The van der Waals surface area contributed by atoms with Crippen molar-refractivity contribution in [3.63, 3.8) is 0 Å². The number of aromatic nitrogens is 2. The summed E-state index contributed by atoms with van der Waals surface area (Å²) >= 11 is 0. The van der Waals surface area contributed by atoms with Crippen molar-refractivity contribution >= 4 is 5.69 Å². The van der Waals surface area contributed by atoms with Gasteiger partial charge in [-0.2, -0.15) is 0 Å². The first-order chi connectivity index (χ1) is 8.33. The van der Waals surface area contributed by atoms with Gasteiger partial charge >= 0.3 is 0 Å². The van der Waals surface area contributed by atoms with E-state index in [-0.39, 0.29) is 0 Å². The van der Waals surface area contributed by atoms with Crippen LogP contribution in [0.2, 0.25) is 0 Å². The topological polar surface area (TPSA) is 59.2 Å². The van der Waals surface area contributed by atoms with E-state index in [4.69, 9.17) is 9.47 Å². The highest BCUT2D eigenvalue weighted by molar-refractivity contribution is 5.54. The van der Waals surface area contributed by atoms with Crippen LogP contribution in [0, 0.1) is 0 Å². The number of anilines is 1. The van der Waals surface area contributed by atoms with E-state index in [1.807, 2.05) is 18.2 Å². The van der Waals surface area contributed by atoms with Crippen LogP contribution >= 0.6 is 0 Å². The van der Waals surface area contributed by atoms with Crippen molar-refractivity contribution < 1.29 is 9.47 Å². The van der Waals surface area contributed by atoms with Crippen molar-refractivity contribution in [2.75, 3.05) is 19.5 Å². The summed E-state index contributed by atoms with van der Waals surface area (Å²) in [6.07, 6.45) is 3.44. The number of imidazole rings is 1. The second kappa shape index (κ2) is 5.25. The zero-order chi connectivity index (χ0) is 12.1. The van der Waals surface area contributed by atoms with Gasteiger partial charge in [0.15, 0.2) is 11.5 Å². The Labute approximate surface area is 99.8 Å². The highest BCUT2D eigenvalue weighted by atomic mass is 16.5. The fourth-order valence-corrected chi connectivity index (χ4v) is 1.52. The Kier molecular flexibility index (Phi) is 3.49. The Morgan fingerprint density at radius 1 is 1.24 bits per heavy atom. The molecule has 5 heteroatoms. The first-order valence-corrected chi connectivity index (χ1v) is 5.26. The second-order valence-electron chi connectivity index (χ2n) is 3.50. The molecule has 1 aromatic heterocycles. The summed E-state index contributed by atoms with van der Waals surface area (Å²) < 4.78 is 10.4. The molecule has 0 saturated carbocycles. The monoisotopic (exact) mass is 233 g/mol. The average molecular weight is 233 g/mol. The predicted molar refractivity (Wildman–Crippen MR) is 65.5 cm³/mol. The van der Waals surface area contributed by atoms with Gasteiger partial charge in [-0.05, 0) is 12.1 Å². The van der Waals surface area contributed by atoms with Gasteiger partial charge in [-0.25, -0.2) is 4.98 Å². The first kappa shape index (κ1) is 11.3. The van der Waals surface area contributed by atoms with Crippen LogP contribution in [0.25, 0.3) is 0 Å². The van der Waals surface area contributed by atoms with Crippen molar-refractivity contribution in [1.29, 1.82) is 0 Å². The number of H-pyrrole nitrogens is 1. The maximum Gasteiger partial charge on any atom is 0.162 e. The summed E-state index contributed by atoms with van der Waals surface area (Å²) in [5, 5.41) is 3.27. The zero-order valence-corrected chi connectivity index (χ0v) is 9.86. The molecule has 2 rings (SSSR count). The van der Waals surface area contributed by atoms with Gasteiger partial charge in [0.1, 0.15) is 0 Å². The second-order valence-corrected chi connectivity index (χ2v) is 3.50. The summed E-state index contributed by atoms with van der Waals surface area (Å²) in [6.45, 7) is 0.690. The van der Waals surface area contributed by atoms with E-state index >= 15 is 0 Å². The molecule has 0 atom stereocenters. The number of methoxy groups -OCH3 is 2. The smallest absolute Gasteiger partial charge is 0.162 e. The quantitative estimate of drug-likeness (QED) is 0.829. The maximum absolute atomic E-state index is 5.23. The molecule has 1 heterocycles. The third-order valence-corrected chi connectivity index (χ3v) is 2.42. The van der Waals surface area contributed by atoms with Gasteiger partial charge in [0.2, 0.25) is 0 Å². The molecule has 5 nitrogen and oxygen atoms in total. The van der Waals surface area contributed by atoms with E-state index in [0.717, 1.165) is 17.1 Å². The zero-order valence-electron chi connectivity index (χ0n) is 9.86. The number of benzene rings is 1. The Balaban J connectivity index is 2.06. The summed E-state index contributed by atoms with van der Waals surface area (Å²) in [5.74, 6) is 1.43. The van der Waals surface area contributed by atoms with Crippen LogP contribution in [-0.2, 0) is 6.54 Å². The molecule has 0 saturated heterocycles. The highest BCUT2D eigenvalue weighted by Gasteiger charge is 2.04. The Morgan fingerprint density at radius 2 is 2.06 bits per heavy atom. The number of nitrogens with one attached hydrogen (secondary N) is 2. The normalized spacial score (nSPS) is 10.0. The molecule has 0 aliphatic rings. The largest absolute Gasteiger partial charge is 0.493 e. The van der Waals surface area contributed by atoms with E-state index in [2.05, 4.69) is 15.3 Å². The minimum absolute atomic E-state index is 0.690. The van der Waals surface area contributed by atoms with E-state index in [9.17, 15) is 0 Å². The molecular weight excluding hydrogens is 218 g/mol. The molecule has 2 N–H and O–H groups in total. The third kappa shape index (κ3) is 2.69. The number of hydrogen-bond donors (Lipinski definition) is 2. The molecule has 17 heavy (non-hydrogen) atoms. The van der Waals surface area contributed by atoms with Gasteiger partial charge in [0, 0.05) is 18.0 Å². The molecule has 0 fully saturated rings. The summed E-state index contributed by atoms with van der Waals surface area (Å²) in [5.41, 5.74) is 2.00. The fraction of sp³-hybridized carbons (Fsp3) is 0.250. The molecule has 0 unspecified atom stereocenters. The summed E-state index contributed by atoms with van der Waals surface area (Å²) in [6, 6.07) is 5.71. The molecule has 0 spiro atoms. The number of aromatic amines is 1. The number of hydrogen-bond acceptors (Lipinski definition) is 4. The number of rotatable bonds is 5. The highest BCUT2D eigenvalue weighted by Crippen LogP contribution is 2.29. The van der Waals surface area contributed by atoms with Gasteiger partial charge in [-0.1, -0.05) is 0 Å². The SMILES string of the molecule is COc1ccc(NCc2cnc[nH]2)cc1OC. The summed E-state index contributed by atoms with van der Waals surface area (Å²) in [4.78, 5) is 6.98. The van der Waals surface area contributed by atoms with Crippen molar-refractivity contribution in [3.8, 4) is 11.5 Å². The average Bonchev–Trinajstić information content (AvgIpc) is 2.89. The lowest BCUT2D eigenvalue weighted by Crippen LogP contribution is -2.00. The molecule has 2 aromatic rings. The minimum atomic E-state index is 0.690. The summed E-state index contributed by atoms with van der Waals surface area (Å²) in [7, 11) is 3.24. The van der Waals surface area contributed by atoms with Crippen LogP contribution in [0.3, 0.4) is 0 Å². The Hall–Kier alpha value is -2.17. The third-order valence-electron chi connectivity index (χ3n) is 2.42. The van der Waals surface area contributed by atoms with Crippen LogP contribution < -0.4 is 14.8 Å². The Morgan fingerprint density at radius 3 is 2.71 bits per heavy atom. The minimum Gasteiger partial charge on any atom is -0.493 e. The van der Waals surface area contributed by atoms with E-state index in [1.54, 1.807) is 26.7 Å². The van der Waals surface area contributed by atoms with Gasteiger partial charge in [0.05, 0.1) is 32.8 Å². The van der Waals surface area contributed by atoms with Gasteiger partial charge in [-0.3, -0.25) is 0 Å². The van der Waals surface area contributed by atoms with Crippen LogP contribution in [-0.4, -0.2) is 24.2 Å². The molecule has 0 radical (unpaired) electrons. The van der Waals surface area contributed by atoms with Crippen molar-refractivity contribution in [2.45, 2.75) is 6.54 Å². The molecule has 1 aromatic carbocycles. The van der Waals surface area contributed by atoms with Crippen LogP contribution in [0.4, 0.5) is 5.69 Å². The molecule has 0 aliphatic heterocycles. The van der Waals surface area contributed by atoms with Gasteiger partial charge in [0.25, 0.3) is 0 Å². The van der Waals surface area contributed by atoms with Crippen LogP contribution in [0.1, 0.15) is 5.69 Å². The lowest BCUT2D eigenvalue weighted by molar-refractivity contribution is 0.355. The number of ether oxygens (including phenoxy) is 2. The van der Waals surface area contributed by atoms with E-state index in [0.29, 0.717) is 12.3 Å². The maximum atomic E-state index is 5.23. The lowest BCUT2D eigenvalue weighted by atomic mass is 10.2. The molecule has 0 amide bonds. The lowest BCUT2D eigenvalue weighted by Gasteiger charge is -2.10. The van der Waals surface area contributed by atoms with E-state index < -0.39 is 0 Å². The van der Waals surface area contributed by atoms with Gasteiger partial charge < -0.3 is 19.8 Å². The molecular formula is C12H15N3O2. The van der Waals surface area contributed by atoms with Crippen molar-refractivity contribution in [1.82, 2.24) is 9.97 Å². The molecule has 0 aliphatic carbocycles. The van der Waals surface area contributed by atoms with Crippen molar-refractivity contribution in [3.05, 3.63) is 36.4 Å². The van der Waals surface area contributed by atoms with Gasteiger partial charge in [-0.15, -0.1) is 0 Å². The first-order valence-electron chi connectivity index (χ1n) is 5.26. The predicted octanol–water partition coefficient (Wildman–Crippen LogP) is 2.04. The van der Waals surface area contributed by atoms with E-state index in [1.165, 1.54) is 0 Å². The standard InChI is InChI=1S/C12H15N3O2/c1-16-11-4-3-9(5-12(11)17-2)14-7-10-6-13-8-15-10/h3-6,8,14H,7H2,1-2H3,(H,13,15).